The molecule has 4 aromatic rings. The van der Waals surface area contributed by atoms with Crippen LogP contribution >= 0.6 is 0 Å². The van der Waals surface area contributed by atoms with Crippen LogP contribution in [0.25, 0.3) is 16.9 Å². The molecule has 2 aromatic heterocycles. The number of para-hydroxylation sites is 2. The van der Waals surface area contributed by atoms with Gasteiger partial charge in [0.25, 0.3) is 0 Å². The van der Waals surface area contributed by atoms with Gasteiger partial charge in [0.15, 0.2) is 5.82 Å². The second-order valence-electron chi connectivity index (χ2n) is 18.2. The molecule has 18 nitrogen and oxygen atoms in total. The Morgan fingerprint density at radius 1 is 0.953 bits per heavy atom. The Morgan fingerprint density at radius 2 is 1.73 bits per heavy atom. The van der Waals surface area contributed by atoms with Crippen LogP contribution in [0.5, 0.6) is 11.5 Å². The highest BCUT2D eigenvalue weighted by atomic mass is 16.6. The molecule has 64 heavy (non-hydrogen) atoms. The molecule has 5 heterocycles. The minimum atomic E-state index is -0.984. The number of carbonyl (C=O) groups excluding carboxylic acids is 5. The standard InChI is InChI=1S/C46H56N10O8/c1-27(2)40(50-45(61)64-46(3,4)5)44(60)63-37-12-7-6-9-32(37)33-23-36(42(47)52-51-33)56-25-30(24-48-56)54-20-19-53(26-39(54)58)29-15-13-28(14-16-29)31-10-8-11-34-41(31)62-22-21-55(34)35-17-18-38(57)49-43(35)59/h6-12,23-25,27-29,35,40H,13-22,26H2,1-5H3,(H2,47,52)(H,50,61)(H,49,57,59)/t28?,29?,35-,40-/m0/s1. The summed E-state index contributed by atoms with van der Waals surface area (Å²) in [4.78, 5) is 70.4. The first-order chi connectivity index (χ1) is 30.6. The molecule has 18 heteroatoms. The van der Waals surface area contributed by atoms with E-state index in [1.54, 1.807) is 86.9 Å². The van der Waals surface area contributed by atoms with Crippen molar-refractivity contribution in [1.82, 2.24) is 35.5 Å². The number of anilines is 3. The average Bonchev–Trinajstić information content (AvgIpc) is 3.75. The van der Waals surface area contributed by atoms with E-state index in [4.69, 9.17) is 19.9 Å². The maximum absolute atomic E-state index is 13.7. The number of imide groups is 1. The molecule has 4 aliphatic rings. The molecule has 2 saturated heterocycles. The zero-order chi connectivity index (χ0) is 45.3. The molecule has 3 aliphatic heterocycles. The first-order valence-corrected chi connectivity index (χ1v) is 22.0. The fourth-order valence-electron chi connectivity index (χ4n) is 9.11. The summed E-state index contributed by atoms with van der Waals surface area (Å²) in [5.74, 6) is -0.0327. The van der Waals surface area contributed by atoms with Gasteiger partial charge in [-0.25, -0.2) is 14.3 Å². The fraction of sp³-hybridized carbons (Fsp3) is 0.478. The molecule has 1 saturated carbocycles. The lowest BCUT2D eigenvalue weighted by Crippen LogP contribution is -2.54. The zero-order valence-electron chi connectivity index (χ0n) is 36.9. The Balaban J connectivity index is 0.895. The Kier molecular flexibility index (Phi) is 12.6. The number of fused-ring (bicyclic) bond motifs is 1. The van der Waals surface area contributed by atoms with Gasteiger partial charge in [-0.15, -0.1) is 10.2 Å². The van der Waals surface area contributed by atoms with E-state index >= 15 is 0 Å². The smallest absolute Gasteiger partial charge is 0.408 e. The number of carbonyl (C=O) groups is 5. The molecule has 2 aromatic carbocycles. The van der Waals surface area contributed by atoms with Gasteiger partial charge in [-0.2, -0.15) is 5.10 Å². The minimum Gasteiger partial charge on any atom is -0.489 e. The van der Waals surface area contributed by atoms with Crippen molar-refractivity contribution in [1.29, 1.82) is 0 Å². The predicted octanol–water partition coefficient (Wildman–Crippen LogP) is 4.75. The normalized spacial score (nSPS) is 21.2. The third-order valence-electron chi connectivity index (χ3n) is 12.3. The number of alkyl carbamates (subject to hydrolysis) is 1. The molecular weight excluding hydrogens is 821 g/mol. The number of nitrogens with two attached hydrogens (primary N) is 1. The van der Waals surface area contributed by atoms with Gasteiger partial charge in [-0.3, -0.25) is 24.6 Å². The van der Waals surface area contributed by atoms with Crippen LogP contribution < -0.4 is 35.6 Å². The van der Waals surface area contributed by atoms with Crippen molar-refractivity contribution in [3.63, 3.8) is 0 Å². The van der Waals surface area contributed by atoms with E-state index in [-0.39, 0.29) is 47.8 Å². The van der Waals surface area contributed by atoms with Crippen molar-refractivity contribution in [2.24, 2.45) is 5.92 Å². The van der Waals surface area contributed by atoms with Crippen LogP contribution in [0.3, 0.4) is 0 Å². The van der Waals surface area contributed by atoms with Crippen LogP contribution in [-0.2, 0) is 23.9 Å². The lowest BCUT2D eigenvalue weighted by atomic mass is 9.80. The number of rotatable bonds is 10. The minimum absolute atomic E-state index is 0.0230. The molecule has 4 amide bonds. The van der Waals surface area contributed by atoms with Crippen molar-refractivity contribution in [3.05, 3.63) is 66.5 Å². The summed E-state index contributed by atoms with van der Waals surface area (Å²) in [7, 11) is 0. The van der Waals surface area contributed by atoms with Gasteiger partial charge in [-0.1, -0.05) is 38.1 Å². The number of aromatic nitrogens is 4. The van der Waals surface area contributed by atoms with Gasteiger partial charge in [-0.05, 0) is 94.5 Å². The summed E-state index contributed by atoms with van der Waals surface area (Å²) in [6, 6.07) is 13.6. The largest absolute Gasteiger partial charge is 0.489 e. The van der Waals surface area contributed by atoms with Crippen molar-refractivity contribution in [2.75, 3.05) is 48.3 Å². The van der Waals surface area contributed by atoms with Crippen molar-refractivity contribution < 1.29 is 38.2 Å². The van der Waals surface area contributed by atoms with E-state index in [9.17, 15) is 24.0 Å². The number of piperidine rings is 1. The number of ether oxygens (including phenoxy) is 3. The number of nitrogen functional groups attached to an aromatic ring is 1. The SMILES string of the molecule is CC(C)[C@H](NC(=O)OC(C)(C)C)C(=O)Oc1ccccc1-c1cc(-n2cc(N3CCN(C4CCC(c5cccc6c5OCCN6[C@H]5CCC(=O)NC5=O)CC4)CC3=O)cn2)c(N)nn1. The number of benzene rings is 2. The van der Waals surface area contributed by atoms with E-state index in [0.717, 1.165) is 42.7 Å². The molecule has 1 aliphatic carbocycles. The molecule has 4 N–H and O–H groups in total. The Labute approximate surface area is 371 Å². The van der Waals surface area contributed by atoms with Gasteiger partial charge in [0, 0.05) is 31.1 Å². The number of esters is 1. The highest BCUT2D eigenvalue weighted by Crippen LogP contribution is 2.45. The quantitative estimate of drug-likeness (QED) is 0.111. The molecule has 0 unspecified atom stereocenters. The topological polar surface area (TPSA) is 216 Å². The second-order valence-corrected chi connectivity index (χ2v) is 18.2. The van der Waals surface area contributed by atoms with Crippen LogP contribution in [0, 0.1) is 5.92 Å². The Bertz CT molecular complexity index is 2420. The highest BCUT2D eigenvalue weighted by molar-refractivity contribution is 6.02. The lowest BCUT2D eigenvalue weighted by molar-refractivity contribution is -0.138. The van der Waals surface area contributed by atoms with Crippen LogP contribution in [0.2, 0.25) is 0 Å². The third kappa shape index (κ3) is 9.51. The van der Waals surface area contributed by atoms with Crippen LogP contribution in [-0.4, -0.2) is 111 Å². The molecule has 0 spiro atoms. The highest BCUT2D eigenvalue weighted by Gasteiger charge is 2.38. The predicted molar refractivity (Wildman–Crippen MR) is 237 cm³/mol. The Morgan fingerprint density at radius 3 is 2.47 bits per heavy atom. The Hall–Kier alpha value is -6.56. The van der Waals surface area contributed by atoms with Crippen molar-refractivity contribution in [2.45, 2.75) is 103 Å². The molecule has 338 valence electrons. The molecule has 0 bridgehead atoms. The summed E-state index contributed by atoms with van der Waals surface area (Å²) >= 11 is 0. The number of amides is 4. The number of piperazine rings is 1. The molecule has 3 fully saturated rings. The van der Waals surface area contributed by atoms with Crippen LogP contribution in [0.1, 0.15) is 84.6 Å². The van der Waals surface area contributed by atoms with Gasteiger partial charge in [0.05, 0.1) is 42.6 Å². The average molecular weight is 877 g/mol. The summed E-state index contributed by atoms with van der Waals surface area (Å²) in [5.41, 5.74) is 9.51. The number of nitrogens with one attached hydrogen (secondary N) is 2. The first kappa shape index (κ1) is 44.1. The fourth-order valence-corrected chi connectivity index (χ4v) is 9.11. The molecule has 8 rings (SSSR count). The first-order valence-electron chi connectivity index (χ1n) is 22.0. The van der Waals surface area contributed by atoms with Gasteiger partial charge < -0.3 is 35.1 Å². The summed E-state index contributed by atoms with van der Waals surface area (Å²) in [5, 5.41) is 18.2. The maximum atomic E-state index is 13.7. The van der Waals surface area contributed by atoms with Crippen molar-refractivity contribution >= 4 is 47.0 Å². The third-order valence-corrected chi connectivity index (χ3v) is 12.3. The second kappa shape index (κ2) is 18.3. The maximum Gasteiger partial charge on any atom is 0.408 e. The summed E-state index contributed by atoms with van der Waals surface area (Å²) in [6.45, 7) is 11.4. The number of nitrogens with zero attached hydrogens (tertiary/aromatic N) is 7. The van der Waals surface area contributed by atoms with Crippen molar-refractivity contribution in [3.8, 4) is 28.4 Å². The van der Waals surface area contributed by atoms with E-state index in [1.165, 1.54) is 0 Å². The number of hydrogen-bond donors (Lipinski definition) is 3. The molecular formula is C46H56N10O8. The van der Waals surface area contributed by atoms with E-state index in [0.29, 0.717) is 67.6 Å². The van der Waals surface area contributed by atoms with Gasteiger partial charge in [0.1, 0.15) is 41.5 Å². The molecule has 2 atom stereocenters. The molecule has 0 radical (unpaired) electrons. The van der Waals surface area contributed by atoms with Crippen LogP contribution in [0.4, 0.5) is 22.0 Å². The summed E-state index contributed by atoms with van der Waals surface area (Å²) in [6.07, 6.45) is 7.23. The van der Waals surface area contributed by atoms with E-state index in [1.807, 2.05) is 12.1 Å². The van der Waals surface area contributed by atoms with Crippen LogP contribution in [0.15, 0.2) is 60.9 Å². The lowest BCUT2D eigenvalue weighted by Gasteiger charge is -2.42. The monoisotopic (exact) mass is 876 g/mol. The summed E-state index contributed by atoms with van der Waals surface area (Å²) < 4.78 is 19.0. The zero-order valence-corrected chi connectivity index (χ0v) is 36.9. The van der Waals surface area contributed by atoms with E-state index in [2.05, 4.69) is 41.8 Å². The van der Waals surface area contributed by atoms with Gasteiger partial charge in [0.2, 0.25) is 17.7 Å². The van der Waals surface area contributed by atoms with E-state index < -0.39 is 29.7 Å². The number of hydrogen-bond acceptors (Lipinski definition) is 14. The van der Waals surface area contributed by atoms with Gasteiger partial charge >= 0.3 is 12.1 Å².